The lowest BCUT2D eigenvalue weighted by Crippen LogP contribution is -2.29. The molecule has 0 aromatic heterocycles. The van der Waals surface area contributed by atoms with E-state index >= 15 is 0 Å². The summed E-state index contributed by atoms with van der Waals surface area (Å²) < 4.78 is 35.6. The Morgan fingerprint density at radius 1 is 1.47 bits per heavy atom. The van der Waals surface area contributed by atoms with Crippen LogP contribution in [-0.2, 0) is 16.4 Å². The monoisotopic (exact) mass is 277 g/mol. The van der Waals surface area contributed by atoms with Gasteiger partial charge >= 0.3 is 0 Å². The quantitative estimate of drug-likeness (QED) is 0.916. The van der Waals surface area contributed by atoms with E-state index in [-0.39, 0.29) is 22.6 Å². The van der Waals surface area contributed by atoms with Crippen molar-refractivity contribution < 1.29 is 12.8 Å². The normalized spacial score (nSPS) is 22.8. The maximum absolute atomic E-state index is 13.1. The van der Waals surface area contributed by atoms with E-state index in [0.717, 1.165) is 5.56 Å². The molecule has 1 unspecified atom stereocenters. The molecule has 1 fully saturated rings. The van der Waals surface area contributed by atoms with Gasteiger partial charge in [-0.2, -0.15) is 0 Å². The van der Waals surface area contributed by atoms with Gasteiger partial charge < -0.3 is 5.32 Å². The van der Waals surface area contributed by atoms with Gasteiger partial charge in [-0.1, -0.05) is 17.7 Å². The molecule has 1 aromatic carbocycles. The molecule has 17 heavy (non-hydrogen) atoms. The molecule has 94 valence electrons. The summed E-state index contributed by atoms with van der Waals surface area (Å²) in [7, 11) is -2.87. The predicted octanol–water partition coefficient (Wildman–Crippen LogP) is 1.76. The number of benzene rings is 1. The fourth-order valence-corrected chi connectivity index (χ4v) is 3.69. The van der Waals surface area contributed by atoms with E-state index in [9.17, 15) is 12.8 Å². The standard InChI is InChI=1S/C11H13ClFNO2S/c12-10-2-1-8(5-11(10)13)6-14-9-3-4-17(15,16)7-9/h1-2,5,9,14H,3-4,6-7H2. The molecule has 0 saturated carbocycles. The largest absolute Gasteiger partial charge is 0.309 e. The summed E-state index contributed by atoms with van der Waals surface area (Å²) in [5.74, 6) is -0.0482. The van der Waals surface area contributed by atoms with Crippen LogP contribution >= 0.6 is 11.6 Å². The van der Waals surface area contributed by atoms with E-state index in [2.05, 4.69) is 5.32 Å². The molecule has 1 aromatic rings. The molecule has 0 aliphatic carbocycles. The van der Waals surface area contributed by atoms with Gasteiger partial charge in [-0.15, -0.1) is 0 Å². The number of hydrogen-bond acceptors (Lipinski definition) is 3. The van der Waals surface area contributed by atoms with Crippen LogP contribution in [0.3, 0.4) is 0 Å². The highest BCUT2D eigenvalue weighted by Crippen LogP contribution is 2.16. The third kappa shape index (κ3) is 3.40. The lowest BCUT2D eigenvalue weighted by atomic mass is 10.2. The lowest BCUT2D eigenvalue weighted by molar-refractivity contribution is 0.551. The molecule has 1 saturated heterocycles. The van der Waals surface area contributed by atoms with Gasteiger partial charge in [-0.3, -0.25) is 0 Å². The highest BCUT2D eigenvalue weighted by atomic mass is 35.5. The second-order valence-electron chi connectivity index (χ2n) is 4.23. The Kier molecular flexibility index (Phi) is 3.70. The van der Waals surface area contributed by atoms with Crippen molar-refractivity contribution in [3.63, 3.8) is 0 Å². The van der Waals surface area contributed by atoms with Gasteiger partial charge in [0, 0.05) is 12.6 Å². The minimum atomic E-state index is -2.87. The highest BCUT2D eigenvalue weighted by molar-refractivity contribution is 7.91. The Morgan fingerprint density at radius 3 is 2.82 bits per heavy atom. The van der Waals surface area contributed by atoms with Gasteiger partial charge in [-0.25, -0.2) is 12.8 Å². The minimum absolute atomic E-state index is 0.0289. The van der Waals surface area contributed by atoms with Crippen molar-refractivity contribution >= 4 is 21.4 Å². The first-order chi connectivity index (χ1) is 7.96. The molecular formula is C11H13ClFNO2S. The minimum Gasteiger partial charge on any atom is -0.309 e. The Morgan fingerprint density at radius 2 is 2.24 bits per heavy atom. The smallest absolute Gasteiger partial charge is 0.151 e. The Balaban J connectivity index is 1.92. The van der Waals surface area contributed by atoms with Crippen LogP contribution in [0.1, 0.15) is 12.0 Å². The summed E-state index contributed by atoms with van der Waals surface area (Å²) >= 11 is 5.57. The molecule has 1 N–H and O–H groups in total. The van der Waals surface area contributed by atoms with Crippen LogP contribution in [0.25, 0.3) is 0 Å². The zero-order valence-corrected chi connectivity index (χ0v) is 10.7. The van der Waals surface area contributed by atoms with Crippen LogP contribution in [0.5, 0.6) is 0 Å². The topological polar surface area (TPSA) is 46.2 Å². The van der Waals surface area contributed by atoms with Gasteiger partial charge in [0.05, 0.1) is 16.5 Å². The Hall–Kier alpha value is -0.650. The van der Waals surface area contributed by atoms with Crippen molar-refractivity contribution in [1.82, 2.24) is 5.32 Å². The lowest BCUT2D eigenvalue weighted by Gasteiger charge is -2.10. The zero-order valence-electron chi connectivity index (χ0n) is 9.12. The number of sulfone groups is 1. The van der Waals surface area contributed by atoms with Crippen LogP contribution in [0.2, 0.25) is 5.02 Å². The van der Waals surface area contributed by atoms with E-state index in [0.29, 0.717) is 13.0 Å². The molecule has 1 aliphatic heterocycles. The van der Waals surface area contributed by atoms with E-state index in [4.69, 9.17) is 11.6 Å². The van der Waals surface area contributed by atoms with Crippen molar-refractivity contribution in [1.29, 1.82) is 0 Å². The second kappa shape index (κ2) is 4.92. The van der Waals surface area contributed by atoms with Gasteiger partial charge in [0.2, 0.25) is 0 Å². The SMILES string of the molecule is O=S1(=O)CCC(NCc2ccc(Cl)c(F)c2)C1. The summed E-state index contributed by atoms with van der Waals surface area (Å²) in [5.41, 5.74) is 0.760. The first-order valence-electron chi connectivity index (χ1n) is 5.34. The van der Waals surface area contributed by atoms with Gasteiger partial charge in [-0.05, 0) is 24.1 Å². The first kappa shape index (κ1) is 12.8. The van der Waals surface area contributed by atoms with Crippen molar-refractivity contribution in [2.75, 3.05) is 11.5 Å². The predicted molar refractivity (Wildman–Crippen MR) is 65.3 cm³/mol. The fraction of sp³-hybridized carbons (Fsp3) is 0.455. The van der Waals surface area contributed by atoms with Crippen LogP contribution in [0.4, 0.5) is 4.39 Å². The first-order valence-corrected chi connectivity index (χ1v) is 7.54. The molecule has 2 rings (SSSR count). The Labute approximate surface area is 105 Å². The van der Waals surface area contributed by atoms with Crippen LogP contribution in [0, 0.1) is 5.82 Å². The van der Waals surface area contributed by atoms with E-state index < -0.39 is 15.7 Å². The van der Waals surface area contributed by atoms with Gasteiger partial charge in [0.1, 0.15) is 5.82 Å². The van der Waals surface area contributed by atoms with E-state index in [1.807, 2.05) is 0 Å². The van der Waals surface area contributed by atoms with Crippen LogP contribution in [0.15, 0.2) is 18.2 Å². The molecule has 0 spiro atoms. The molecular weight excluding hydrogens is 265 g/mol. The Bertz CT molecular complexity index is 518. The second-order valence-corrected chi connectivity index (χ2v) is 6.87. The molecule has 1 heterocycles. The summed E-state index contributed by atoms with van der Waals surface area (Å²) in [5, 5.41) is 3.21. The maximum atomic E-state index is 13.1. The van der Waals surface area contributed by atoms with Crippen molar-refractivity contribution in [3.05, 3.63) is 34.6 Å². The van der Waals surface area contributed by atoms with E-state index in [1.165, 1.54) is 12.1 Å². The van der Waals surface area contributed by atoms with Crippen molar-refractivity contribution in [3.8, 4) is 0 Å². The number of hydrogen-bond donors (Lipinski definition) is 1. The van der Waals surface area contributed by atoms with Crippen molar-refractivity contribution in [2.45, 2.75) is 19.0 Å². The fourth-order valence-electron chi connectivity index (χ4n) is 1.87. The van der Waals surface area contributed by atoms with Crippen LogP contribution < -0.4 is 5.32 Å². The molecule has 3 nitrogen and oxygen atoms in total. The third-order valence-electron chi connectivity index (χ3n) is 2.81. The van der Waals surface area contributed by atoms with Crippen LogP contribution in [-0.4, -0.2) is 26.0 Å². The summed E-state index contributed by atoms with van der Waals surface area (Å²) in [6.45, 7) is 0.453. The molecule has 0 bridgehead atoms. The van der Waals surface area contributed by atoms with Gasteiger partial charge in [0.15, 0.2) is 9.84 Å². The number of rotatable bonds is 3. The molecule has 6 heteroatoms. The van der Waals surface area contributed by atoms with E-state index in [1.54, 1.807) is 6.07 Å². The summed E-state index contributed by atoms with van der Waals surface area (Å²) in [4.78, 5) is 0. The maximum Gasteiger partial charge on any atom is 0.151 e. The molecule has 0 radical (unpaired) electrons. The average molecular weight is 278 g/mol. The summed E-state index contributed by atoms with van der Waals surface area (Å²) in [6.07, 6.45) is 0.623. The summed E-state index contributed by atoms with van der Waals surface area (Å²) in [6, 6.07) is 4.55. The zero-order chi connectivity index (χ0) is 12.5. The number of nitrogens with one attached hydrogen (secondary N) is 1. The molecule has 1 atom stereocenters. The average Bonchev–Trinajstić information content (AvgIpc) is 2.60. The van der Waals surface area contributed by atoms with Crippen molar-refractivity contribution in [2.24, 2.45) is 0 Å². The molecule has 1 aliphatic rings. The number of halogens is 2. The van der Waals surface area contributed by atoms with Gasteiger partial charge in [0.25, 0.3) is 0 Å². The third-order valence-corrected chi connectivity index (χ3v) is 4.89. The molecule has 0 amide bonds. The highest BCUT2D eigenvalue weighted by Gasteiger charge is 2.27.